The van der Waals surface area contributed by atoms with Crippen molar-refractivity contribution in [2.24, 2.45) is 17.8 Å². The second-order valence-corrected chi connectivity index (χ2v) is 8.52. The SMILES string of the molecule is CC1CC[C@]23c4c5ccc(O)c4O[C@H]2C2(CC[C@H]3[C@H]1C5)OCCO2. The van der Waals surface area contributed by atoms with E-state index in [1.807, 2.05) is 6.07 Å². The predicted molar refractivity (Wildman–Crippen MR) is 87.2 cm³/mol. The number of hydrogen-bond donors (Lipinski definition) is 1. The molecular weight excluding hydrogens is 304 g/mol. The highest BCUT2D eigenvalue weighted by molar-refractivity contribution is 5.60. The van der Waals surface area contributed by atoms with Crippen LogP contribution < -0.4 is 4.74 Å². The largest absolute Gasteiger partial charge is 0.504 e. The maximum absolute atomic E-state index is 10.5. The Hall–Kier alpha value is -1.26. The zero-order chi connectivity index (χ0) is 16.1. The molecule has 2 heterocycles. The van der Waals surface area contributed by atoms with Gasteiger partial charge in [0.15, 0.2) is 17.6 Å². The summed E-state index contributed by atoms with van der Waals surface area (Å²) >= 11 is 0. The summed E-state index contributed by atoms with van der Waals surface area (Å²) < 4.78 is 18.8. The predicted octanol–water partition coefficient (Wildman–Crippen LogP) is 3.15. The van der Waals surface area contributed by atoms with Gasteiger partial charge in [-0.15, -0.1) is 0 Å². The van der Waals surface area contributed by atoms with E-state index < -0.39 is 5.79 Å². The van der Waals surface area contributed by atoms with Crippen LogP contribution in [0.2, 0.25) is 0 Å². The van der Waals surface area contributed by atoms with Crippen molar-refractivity contribution >= 4 is 0 Å². The van der Waals surface area contributed by atoms with E-state index in [1.165, 1.54) is 17.5 Å². The Bertz CT molecular complexity index is 723. The van der Waals surface area contributed by atoms with Crippen LogP contribution in [0.25, 0.3) is 0 Å². The average Bonchev–Trinajstić information content (AvgIpc) is 3.18. The number of hydrogen-bond acceptors (Lipinski definition) is 4. The lowest BCUT2D eigenvalue weighted by Gasteiger charge is -2.59. The number of ether oxygens (including phenoxy) is 3. The van der Waals surface area contributed by atoms with E-state index in [9.17, 15) is 5.11 Å². The van der Waals surface area contributed by atoms with Crippen molar-refractivity contribution in [1.82, 2.24) is 0 Å². The number of phenolic OH excluding ortho intramolecular Hbond substituents is 1. The number of aromatic hydroxyl groups is 1. The Labute approximate surface area is 142 Å². The fourth-order valence-corrected chi connectivity index (χ4v) is 6.85. The quantitative estimate of drug-likeness (QED) is 0.795. The molecule has 128 valence electrons. The van der Waals surface area contributed by atoms with Gasteiger partial charge in [0.1, 0.15) is 0 Å². The lowest BCUT2D eigenvalue weighted by molar-refractivity contribution is -0.261. The zero-order valence-electron chi connectivity index (χ0n) is 14.1. The van der Waals surface area contributed by atoms with Crippen molar-refractivity contribution in [3.05, 3.63) is 23.3 Å². The first-order valence-corrected chi connectivity index (χ1v) is 9.46. The van der Waals surface area contributed by atoms with Gasteiger partial charge in [-0.2, -0.15) is 0 Å². The molecule has 24 heavy (non-hydrogen) atoms. The first kappa shape index (κ1) is 14.0. The van der Waals surface area contributed by atoms with Gasteiger partial charge in [-0.25, -0.2) is 0 Å². The van der Waals surface area contributed by atoms with Crippen LogP contribution in [0.1, 0.15) is 43.7 Å². The summed E-state index contributed by atoms with van der Waals surface area (Å²) in [6.45, 7) is 3.72. The minimum Gasteiger partial charge on any atom is -0.504 e. The molecule has 1 aromatic rings. The molecule has 4 heteroatoms. The summed E-state index contributed by atoms with van der Waals surface area (Å²) in [4.78, 5) is 0. The van der Waals surface area contributed by atoms with Gasteiger partial charge in [-0.3, -0.25) is 0 Å². The van der Waals surface area contributed by atoms with Gasteiger partial charge >= 0.3 is 0 Å². The minimum absolute atomic E-state index is 0.0264. The summed E-state index contributed by atoms with van der Waals surface area (Å²) in [5.41, 5.74) is 2.65. The third kappa shape index (κ3) is 1.37. The van der Waals surface area contributed by atoms with Gasteiger partial charge in [0.2, 0.25) is 5.79 Å². The summed E-state index contributed by atoms with van der Waals surface area (Å²) in [5.74, 6) is 2.48. The number of benzene rings is 1. The zero-order valence-corrected chi connectivity index (χ0v) is 14.1. The van der Waals surface area contributed by atoms with Gasteiger partial charge in [0.25, 0.3) is 0 Å². The second-order valence-electron chi connectivity index (χ2n) is 8.52. The highest BCUT2D eigenvalue weighted by Gasteiger charge is 2.71. The third-order valence-electron chi connectivity index (χ3n) is 7.75. The van der Waals surface area contributed by atoms with E-state index in [2.05, 4.69) is 13.0 Å². The summed E-state index contributed by atoms with van der Waals surface area (Å²) in [6, 6.07) is 3.94. The third-order valence-corrected chi connectivity index (χ3v) is 7.75. The van der Waals surface area contributed by atoms with Gasteiger partial charge < -0.3 is 19.3 Å². The monoisotopic (exact) mass is 328 g/mol. The van der Waals surface area contributed by atoms with Crippen molar-refractivity contribution in [3.8, 4) is 11.5 Å². The molecule has 1 saturated heterocycles. The molecule has 3 fully saturated rings. The molecule has 1 N–H and O–H groups in total. The lowest BCUT2D eigenvalue weighted by atomic mass is 9.45. The first-order chi connectivity index (χ1) is 11.7. The fourth-order valence-electron chi connectivity index (χ4n) is 6.85. The molecular formula is C20H24O4. The van der Waals surface area contributed by atoms with Gasteiger partial charge in [-0.1, -0.05) is 13.0 Å². The standard InChI is InChI=1S/C20H24O4/c1-11-4-6-19-14-5-7-20(22-8-9-23-20)18(19)24-17-15(21)3-2-12(16(17)19)10-13(11)14/h2-3,11,13-14,18,21H,4-10H2,1H3/t11?,13-,14-,18+,19-/m0/s1. The van der Waals surface area contributed by atoms with Crippen LogP contribution in [0.15, 0.2) is 12.1 Å². The van der Waals surface area contributed by atoms with Crippen LogP contribution in [-0.2, 0) is 21.3 Å². The van der Waals surface area contributed by atoms with Gasteiger partial charge in [-0.05, 0) is 55.1 Å². The maximum Gasteiger partial charge on any atom is 0.206 e. The van der Waals surface area contributed by atoms with Crippen LogP contribution in [0.5, 0.6) is 11.5 Å². The van der Waals surface area contributed by atoms with Gasteiger partial charge in [0, 0.05) is 17.4 Å². The molecule has 1 unspecified atom stereocenters. The molecule has 4 nitrogen and oxygen atoms in total. The van der Waals surface area contributed by atoms with Crippen molar-refractivity contribution in [3.63, 3.8) is 0 Å². The minimum atomic E-state index is -0.609. The lowest BCUT2D eigenvalue weighted by Crippen LogP contribution is -2.66. The molecule has 2 saturated carbocycles. The molecule has 6 rings (SSSR count). The van der Waals surface area contributed by atoms with Crippen LogP contribution in [0.4, 0.5) is 0 Å². The number of rotatable bonds is 0. The molecule has 3 aliphatic carbocycles. The van der Waals surface area contributed by atoms with Crippen molar-refractivity contribution in [2.45, 2.75) is 56.3 Å². The van der Waals surface area contributed by atoms with E-state index >= 15 is 0 Å². The molecule has 2 aliphatic heterocycles. The van der Waals surface area contributed by atoms with Crippen LogP contribution in [-0.4, -0.2) is 30.2 Å². The van der Waals surface area contributed by atoms with E-state index in [1.54, 1.807) is 0 Å². The molecule has 2 bridgehead atoms. The van der Waals surface area contributed by atoms with Crippen molar-refractivity contribution in [1.29, 1.82) is 0 Å². The van der Waals surface area contributed by atoms with E-state index in [0.717, 1.165) is 37.4 Å². The number of fused-ring (bicyclic) bond motifs is 1. The van der Waals surface area contributed by atoms with Crippen molar-refractivity contribution < 1.29 is 19.3 Å². The van der Waals surface area contributed by atoms with E-state index in [0.29, 0.717) is 25.0 Å². The number of phenols is 1. The smallest absolute Gasteiger partial charge is 0.206 e. The van der Waals surface area contributed by atoms with E-state index in [4.69, 9.17) is 14.2 Å². The summed E-state index contributed by atoms with van der Waals surface area (Å²) in [6.07, 6.45) is 5.43. The first-order valence-electron chi connectivity index (χ1n) is 9.46. The molecule has 0 aromatic heterocycles. The highest BCUT2D eigenvalue weighted by Crippen LogP contribution is 2.68. The topological polar surface area (TPSA) is 47.9 Å². The molecule has 1 aromatic carbocycles. The summed E-state index contributed by atoms with van der Waals surface area (Å²) in [5, 5.41) is 10.5. The molecule has 5 aliphatic rings. The molecule has 0 amide bonds. The average molecular weight is 328 g/mol. The van der Waals surface area contributed by atoms with E-state index in [-0.39, 0.29) is 17.3 Å². The Morgan fingerprint density at radius 3 is 2.79 bits per heavy atom. The molecule has 0 radical (unpaired) electrons. The molecule has 2 spiro atoms. The second kappa shape index (κ2) is 4.28. The summed E-state index contributed by atoms with van der Waals surface area (Å²) in [7, 11) is 0. The Kier molecular flexibility index (Phi) is 2.49. The fraction of sp³-hybridized carbons (Fsp3) is 0.700. The van der Waals surface area contributed by atoms with Crippen LogP contribution >= 0.6 is 0 Å². The maximum atomic E-state index is 10.5. The van der Waals surface area contributed by atoms with Crippen molar-refractivity contribution in [2.75, 3.05) is 13.2 Å². The Morgan fingerprint density at radius 2 is 1.96 bits per heavy atom. The van der Waals surface area contributed by atoms with Crippen LogP contribution in [0.3, 0.4) is 0 Å². The Balaban J connectivity index is 1.63. The highest BCUT2D eigenvalue weighted by atomic mass is 16.8. The normalized spacial score (nSPS) is 43.5. The van der Waals surface area contributed by atoms with Gasteiger partial charge in [0.05, 0.1) is 13.2 Å². The van der Waals surface area contributed by atoms with Crippen LogP contribution in [0, 0.1) is 17.8 Å². The molecule has 5 atom stereocenters. The Morgan fingerprint density at radius 1 is 1.12 bits per heavy atom.